The lowest BCUT2D eigenvalue weighted by atomic mass is 10.0. The van der Waals surface area contributed by atoms with Gasteiger partial charge in [-0.05, 0) is 0 Å². The third-order valence-electron chi connectivity index (χ3n) is 3.08. The Kier molecular flexibility index (Phi) is 4.36. The molecule has 0 aromatic carbocycles. The molecule has 0 aliphatic carbocycles. The highest BCUT2D eigenvalue weighted by atomic mass is 32.2. The summed E-state index contributed by atoms with van der Waals surface area (Å²) < 4.78 is 4.83. The number of nitrogens with one attached hydrogen (secondary N) is 2. The first-order chi connectivity index (χ1) is 10.0. The smallest absolute Gasteiger partial charge is 0.407 e. The molecular formula is C11H13N3O6S. The Morgan fingerprint density at radius 1 is 1.57 bits per heavy atom. The molecule has 1 unspecified atom stereocenters. The predicted molar refractivity (Wildman–Crippen MR) is 71.1 cm³/mol. The minimum Gasteiger partial charge on any atom is -0.477 e. The molecule has 0 aromatic rings. The fourth-order valence-corrected chi connectivity index (χ4v) is 3.45. The number of hydrogen-bond acceptors (Lipinski definition) is 6. The van der Waals surface area contributed by atoms with Crippen LogP contribution in [-0.4, -0.2) is 65.2 Å². The summed E-state index contributed by atoms with van der Waals surface area (Å²) in [5.41, 5.74) is 0.154. The Morgan fingerprint density at radius 3 is 2.86 bits per heavy atom. The molecule has 3 amide bonds. The lowest BCUT2D eigenvalue weighted by molar-refractivity contribution is -0.149. The van der Waals surface area contributed by atoms with Crippen molar-refractivity contribution in [2.24, 2.45) is 0 Å². The van der Waals surface area contributed by atoms with Gasteiger partial charge in [-0.1, -0.05) is 0 Å². The Labute approximate surface area is 123 Å². The van der Waals surface area contributed by atoms with Crippen LogP contribution in [0, 0.1) is 0 Å². The van der Waals surface area contributed by atoms with Crippen molar-refractivity contribution in [2.45, 2.75) is 11.4 Å². The van der Waals surface area contributed by atoms with Crippen LogP contribution >= 0.6 is 11.8 Å². The van der Waals surface area contributed by atoms with E-state index in [4.69, 9.17) is 4.74 Å². The first-order valence-electron chi connectivity index (χ1n) is 5.95. The highest BCUT2D eigenvalue weighted by Crippen LogP contribution is 2.40. The summed E-state index contributed by atoms with van der Waals surface area (Å²) >= 11 is 1.30. The molecule has 2 atom stereocenters. The molecular weight excluding hydrogens is 302 g/mol. The molecule has 3 N–H and O–H groups in total. The van der Waals surface area contributed by atoms with E-state index in [-0.39, 0.29) is 12.3 Å². The van der Waals surface area contributed by atoms with Crippen molar-refractivity contribution in [1.82, 2.24) is 15.5 Å². The van der Waals surface area contributed by atoms with E-state index in [0.29, 0.717) is 17.7 Å². The predicted octanol–water partition coefficient (Wildman–Crippen LogP) is -1.29. The highest BCUT2D eigenvalue weighted by molar-refractivity contribution is 8.00. The number of fused-ring (bicyclic) bond motifs is 1. The first kappa shape index (κ1) is 15.2. The standard InChI is InChI=1S/C11H13N3O6S/c1-12-11(19)20-2-5-3-21-9-6(13-4-15)8(16)14(9)7(5)10(17)18/h4,6,9H,2-3H2,1H3,(H,12,19)(H,13,15)(H,17,18)/t6?,9-/m1/s1. The van der Waals surface area contributed by atoms with Crippen LogP contribution in [-0.2, 0) is 19.1 Å². The SMILES string of the molecule is CNC(=O)OCC1=C(C(=O)O)N2C(=O)C(NC=O)[C@H]2SC1. The number of carbonyl (C=O) groups is 4. The lowest BCUT2D eigenvalue weighted by Crippen LogP contribution is -2.69. The van der Waals surface area contributed by atoms with Gasteiger partial charge in [0.25, 0.3) is 5.91 Å². The minimum atomic E-state index is -1.27. The number of hydrogen-bond donors (Lipinski definition) is 3. The summed E-state index contributed by atoms with van der Waals surface area (Å²) in [6.45, 7) is -0.212. The van der Waals surface area contributed by atoms with Crippen LogP contribution in [0.2, 0.25) is 0 Å². The third kappa shape index (κ3) is 2.66. The maximum absolute atomic E-state index is 11.9. The number of amides is 3. The summed E-state index contributed by atoms with van der Waals surface area (Å²) in [6, 6.07) is -0.719. The number of nitrogens with zero attached hydrogens (tertiary/aromatic N) is 1. The second kappa shape index (κ2) is 6.04. The zero-order chi connectivity index (χ0) is 15.6. The molecule has 0 spiro atoms. The fourth-order valence-electron chi connectivity index (χ4n) is 2.11. The largest absolute Gasteiger partial charge is 0.477 e. The molecule has 0 bridgehead atoms. The van der Waals surface area contributed by atoms with Crippen molar-refractivity contribution >= 4 is 36.1 Å². The number of rotatable bonds is 5. The lowest BCUT2D eigenvalue weighted by Gasteiger charge is -2.48. The number of alkyl carbamates (subject to hydrolysis) is 1. The van der Waals surface area contributed by atoms with E-state index in [2.05, 4.69) is 10.6 Å². The van der Waals surface area contributed by atoms with Gasteiger partial charge in [-0.25, -0.2) is 9.59 Å². The van der Waals surface area contributed by atoms with Crippen LogP contribution in [0.4, 0.5) is 4.79 Å². The van der Waals surface area contributed by atoms with Gasteiger partial charge in [-0.15, -0.1) is 11.8 Å². The maximum atomic E-state index is 11.9. The van der Waals surface area contributed by atoms with E-state index in [9.17, 15) is 24.3 Å². The van der Waals surface area contributed by atoms with Crippen LogP contribution in [0.15, 0.2) is 11.3 Å². The average Bonchev–Trinajstić information content (AvgIpc) is 2.48. The molecule has 2 aliphatic heterocycles. The number of carbonyl (C=O) groups excluding carboxylic acids is 3. The van der Waals surface area contributed by atoms with Crippen LogP contribution in [0.5, 0.6) is 0 Å². The molecule has 2 heterocycles. The summed E-state index contributed by atoms with van der Waals surface area (Å²) in [5, 5.41) is 13.4. The monoisotopic (exact) mass is 315 g/mol. The molecule has 2 rings (SSSR count). The molecule has 0 saturated carbocycles. The van der Waals surface area contributed by atoms with E-state index in [0.717, 1.165) is 4.90 Å². The van der Waals surface area contributed by atoms with Gasteiger partial charge < -0.3 is 20.5 Å². The Morgan fingerprint density at radius 2 is 2.29 bits per heavy atom. The van der Waals surface area contributed by atoms with E-state index >= 15 is 0 Å². The quantitative estimate of drug-likeness (QED) is 0.426. The van der Waals surface area contributed by atoms with Crippen molar-refractivity contribution in [3.63, 3.8) is 0 Å². The summed E-state index contributed by atoms with van der Waals surface area (Å²) in [4.78, 5) is 45.9. The van der Waals surface area contributed by atoms with Gasteiger partial charge >= 0.3 is 12.1 Å². The van der Waals surface area contributed by atoms with E-state index in [1.54, 1.807) is 0 Å². The Hall–Kier alpha value is -2.23. The zero-order valence-corrected chi connectivity index (χ0v) is 11.8. The number of carboxylic acid groups (broad SMARTS) is 1. The van der Waals surface area contributed by atoms with Gasteiger partial charge in [0.15, 0.2) is 0 Å². The Bertz CT molecular complexity index is 534. The molecule has 1 saturated heterocycles. The van der Waals surface area contributed by atoms with Crippen LogP contribution in [0.1, 0.15) is 0 Å². The molecule has 114 valence electrons. The molecule has 10 heteroatoms. The van der Waals surface area contributed by atoms with Gasteiger partial charge in [0.1, 0.15) is 23.7 Å². The average molecular weight is 315 g/mol. The molecule has 21 heavy (non-hydrogen) atoms. The zero-order valence-electron chi connectivity index (χ0n) is 11.0. The highest BCUT2D eigenvalue weighted by Gasteiger charge is 2.53. The van der Waals surface area contributed by atoms with E-state index in [1.807, 2.05) is 0 Å². The normalized spacial score (nSPS) is 23.9. The molecule has 0 radical (unpaired) electrons. The summed E-state index contributed by atoms with van der Waals surface area (Å²) in [6.07, 6.45) is -0.274. The van der Waals surface area contributed by atoms with Crippen LogP contribution in [0.3, 0.4) is 0 Å². The molecule has 1 fully saturated rings. The number of carboxylic acids is 1. The van der Waals surface area contributed by atoms with Crippen molar-refractivity contribution in [1.29, 1.82) is 0 Å². The van der Waals surface area contributed by atoms with Crippen molar-refractivity contribution < 1.29 is 29.0 Å². The van der Waals surface area contributed by atoms with Gasteiger partial charge in [-0.2, -0.15) is 0 Å². The van der Waals surface area contributed by atoms with Gasteiger partial charge in [0.05, 0.1) is 0 Å². The van der Waals surface area contributed by atoms with Crippen LogP contribution < -0.4 is 10.6 Å². The summed E-state index contributed by atoms with van der Waals surface area (Å²) in [5.74, 6) is -1.47. The molecule has 9 nitrogen and oxygen atoms in total. The maximum Gasteiger partial charge on any atom is 0.407 e. The van der Waals surface area contributed by atoms with Gasteiger partial charge in [-0.3, -0.25) is 14.5 Å². The van der Waals surface area contributed by atoms with Gasteiger partial charge in [0.2, 0.25) is 6.41 Å². The second-order valence-corrected chi connectivity index (χ2v) is 5.36. The number of thioether (sulfide) groups is 1. The van der Waals surface area contributed by atoms with Crippen LogP contribution in [0.25, 0.3) is 0 Å². The second-order valence-electron chi connectivity index (χ2n) is 4.26. The summed E-state index contributed by atoms with van der Waals surface area (Å²) in [7, 11) is 1.38. The van der Waals surface area contributed by atoms with E-state index in [1.165, 1.54) is 18.8 Å². The van der Waals surface area contributed by atoms with Crippen molar-refractivity contribution in [3.05, 3.63) is 11.3 Å². The van der Waals surface area contributed by atoms with Gasteiger partial charge in [0, 0.05) is 18.4 Å². The molecule has 2 aliphatic rings. The number of ether oxygens (including phenoxy) is 1. The third-order valence-corrected chi connectivity index (χ3v) is 4.42. The number of aliphatic carboxylic acids is 1. The first-order valence-corrected chi connectivity index (χ1v) is 7.00. The Balaban J connectivity index is 2.19. The fraction of sp³-hybridized carbons (Fsp3) is 0.455. The molecule has 0 aromatic heterocycles. The van der Waals surface area contributed by atoms with Crippen molar-refractivity contribution in [2.75, 3.05) is 19.4 Å². The number of β-lactam (4-membered cyclic amide) rings is 1. The minimum absolute atomic E-state index is 0.184. The van der Waals surface area contributed by atoms with E-state index < -0.39 is 29.4 Å². The van der Waals surface area contributed by atoms with Crippen molar-refractivity contribution in [3.8, 4) is 0 Å². The topological polar surface area (TPSA) is 125 Å².